The molecule has 4 nitrogen and oxygen atoms in total. The zero-order chi connectivity index (χ0) is 19.1. The number of nitrogens with zero attached hydrogens (tertiary/aromatic N) is 1. The van der Waals surface area contributed by atoms with E-state index in [4.69, 9.17) is 4.55 Å². The van der Waals surface area contributed by atoms with Crippen LogP contribution in [0.4, 0.5) is 0 Å². The van der Waals surface area contributed by atoms with E-state index in [0.29, 0.717) is 13.0 Å². The standard InChI is InChI=1S/C20H19NO3SSe2/c22-25(23,24)13-7-12-21-15-19(26-17-8-3-1-4-9-17)14-20(16-21)27-18-10-5-2-6-11-18/h1-6,8-11,14-16H,7,12-13H2/p+1. The molecule has 0 spiro atoms. The molecule has 0 radical (unpaired) electrons. The summed E-state index contributed by atoms with van der Waals surface area (Å²) in [6.07, 6.45) is 4.59. The third kappa shape index (κ3) is 7.22. The second-order valence-electron chi connectivity index (χ2n) is 5.91. The molecule has 2 aromatic carbocycles. The number of hydrogen-bond donors (Lipinski definition) is 1. The van der Waals surface area contributed by atoms with Gasteiger partial charge in [-0.25, -0.2) is 0 Å². The Morgan fingerprint density at radius 3 is 1.70 bits per heavy atom. The average Bonchev–Trinajstić information content (AvgIpc) is 2.62. The molecule has 3 rings (SSSR count). The van der Waals surface area contributed by atoms with E-state index in [2.05, 4.69) is 71.6 Å². The number of pyridine rings is 1. The van der Waals surface area contributed by atoms with Gasteiger partial charge in [-0.05, 0) is 0 Å². The van der Waals surface area contributed by atoms with Crippen molar-refractivity contribution in [2.45, 2.75) is 13.0 Å². The van der Waals surface area contributed by atoms with Crippen LogP contribution in [0.5, 0.6) is 0 Å². The van der Waals surface area contributed by atoms with E-state index in [0.717, 1.165) is 0 Å². The molecule has 0 unspecified atom stereocenters. The Hall–Kier alpha value is -1.46. The number of hydrogen-bond acceptors (Lipinski definition) is 2. The molecule has 0 bridgehead atoms. The van der Waals surface area contributed by atoms with Crippen LogP contribution in [-0.2, 0) is 16.7 Å². The van der Waals surface area contributed by atoms with Crippen molar-refractivity contribution >= 4 is 57.9 Å². The molecule has 27 heavy (non-hydrogen) atoms. The topological polar surface area (TPSA) is 58.3 Å². The first-order chi connectivity index (χ1) is 13.0. The van der Waals surface area contributed by atoms with Crippen molar-refractivity contribution in [3.05, 3.63) is 79.1 Å². The summed E-state index contributed by atoms with van der Waals surface area (Å²) in [6.45, 7) is 0.566. The predicted molar refractivity (Wildman–Crippen MR) is 111 cm³/mol. The van der Waals surface area contributed by atoms with Crippen LogP contribution in [0, 0.1) is 0 Å². The second-order valence-corrected chi connectivity index (χ2v) is 12.3. The van der Waals surface area contributed by atoms with Crippen molar-refractivity contribution in [3.8, 4) is 0 Å². The Morgan fingerprint density at radius 2 is 1.26 bits per heavy atom. The summed E-state index contributed by atoms with van der Waals surface area (Å²) in [5.41, 5.74) is 0. The molecule has 0 fully saturated rings. The summed E-state index contributed by atoms with van der Waals surface area (Å²) < 4.78 is 38.1. The van der Waals surface area contributed by atoms with E-state index in [1.807, 2.05) is 12.1 Å². The van der Waals surface area contributed by atoms with Gasteiger partial charge in [0.25, 0.3) is 0 Å². The normalized spacial score (nSPS) is 11.4. The molecule has 0 saturated carbocycles. The van der Waals surface area contributed by atoms with Crippen LogP contribution in [0.3, 0.4) is 0 Å². The van der Waals surface area contributed by atoms with E-state index in [9.17, 15) is 8.42 Å². The van der Waals surface area contributed by atoms with E-state index >= 15 is 0 Å². The molecule has 0 atom stereocenters. The van der Waals surface area contributed by atoms with Gasteiger partial charge in [0, 0.05) is 0 Å². The van der Waals surface area contributed by atoms with Crippen molar-refractivity contribution in [2.75, 3.05) is 5.75 Å². The second kappa shape index (κ2) is 9.65. The molecule has 140 valence electrons. The van der Waals surface area contributed by atoms with Gasteiger partial charge in [0.15, 0.2) is 0 Å². The van der Waals surface area contributed by atoms with Crippen molar-refractivity contribution in [3.63, 3.8) is 0 Å². The van der Waals surface area contributed by atoms with Crippen LogP contribution >= 0.6 is 0 Å². The molecule has 3 aromatic rings. The Bertz CT molecular complexity index is 921. The van der Waals surface area contributed by atoms with Crippen LogP contribution in [0.15, 0.2) is 79.1 Å². The Morgan fingerprint density at radius 1 is 0.778 bits per heavy atom. The Balaban J connectivity index is 1.82. The molecule has 1 aromatic heterocycles. The first kappa shape index (κ1) is 20.3. The molecule has 0 aliphatic heterocycles. The van der Waals surface area contributed by atoms with Gasteiger partial charge in [0.05, 0.1) is 0 Å². The van der Waals surface area contributed by atoms with Gasteiger partial charge in [-0.2, -0.15) is 0 Å². The average molecular weight is 512 g/mol. The van der Waals surface area contributed by atoms with E-state index < -0.39 is 10.1 Å². The monoisotopic (exact) mass is 514 g/mol. The quantitative estimate of drug-likeness (QED) is 0.253. The number of benzene rings is 2. The molecule has 0 amide bonds. The van der Waals surface area contributed by atoms with Gasteiger partial charge in [0.2, 0.25) is 0 Å². The molecular weight excluding hydrogens is 492 g/mol. The molecule has 1 N–H and O–H groups in total. The third-order valence-corrected chi connectivity index (χ3v) is 8.51. The fourth-order valence-corrected chi connectivity index (χ4v) is 7.31. The summed E-state index contributed by atoms with van der Waals surface area (Å²) in [5, 5.41) is 0. The van der Waals surface area contributed by atoms with Crippen LogP contribution in [0.2, 0.25) is 0 Å². The minimum absolute atomic E-state index is 0.189. The van der Waals surface area contributed by atoms with E-state index in [1.54, 1.807) is 0 Å². The molecule has 7 heteroatoms. The first-order valence-electron chi connectivity index (χ1n) is 8.43. The Kier molecular flexibility index (Phi) is 7.25. The summed E-state index contributed by atoms with van der Waals surface area (Å²) in [6, 6.07) is 23.0. The SMILES string of the molecule is O=S(=O)(O)CCC[n+]1cc([Se]c2ccccc2)cc([Se]c2ccccc2)c1. The third-order valence-electron chi connectivity index (χ3n) is 3.65. The van der Waals surface area contributed by atoms with Crippen LogP contribution in [-0.4, -0.2) is 48.6 Å². The van der Waals surface area contributed by atoms with Gasteiger partial charge < -0.3 is 0 Å². The molecular formula is C20H20NO3SSe2+. The fraction of sp³-hybridized carbons (Fsp3) is 0.150. The number of aryl methyl sites for hydroxylation is 1. The van der Waals surface area contributed by atoms with Crippen molar-refractivity contribution in [1.82, 2.24) is 0 Å². The molecule has 0 saturated heterocycles. The van der Waals surface area contributed by atoms with Crippen molar-refractivity contribution < 1.29 is 17.5 Å². The zero-order valence-corrected chi connectivity index (χ0v) is 18.8. The van der Waals surface area contributed by atoms with E-state index in [1.165, 1.54) is 17.8 Å². The summed E-state index contributed by atoms with van der Waals surface area (Å²) in [7, 11) is -3.92. The van der Waals surface area contributed by atoms with Gasteiger partial charge in [-0.1, -0.05) is 0 Å². The predicted octanol–water partition coefficient (Wildman–Crippen LogP) is -0.438. The zero-order valence-electron chi connectivity index (χ0n) is 14.6. The summed E-state index contributed by atoms with van der Waals surface area (Å²) >= 11 is 0.379. The fourth-order valence-electron chi connectivity index (χ4n) is 2.50. The maximum atomic E-state index is 11.0. The van der Waals surface area contributed by atoms with Gasteiger partial charge in [-0.3, -0.25) is 0 Å². The maximum absolute atomic E-state index is 11.0. The van der Waals surface area contributed by atoms with Gasteiger partial charge in [-0.15, -0.1) is 0 Å². The van der Waals surface area contributed by atoms with Crippen LogP contribution in [0.1, 0.15) is 6.42 Å². The van der Waals surface area contributed by atoms with Gasteiger partial charge >= 0.3 is 173 Å². The molecule has 0 aliphatic carbocycles. The van der Waals surface area contributed by atoms with Crippen LogP contribution in [0.25, 0.3) is 0 Å². The molecule has 0 aliphatic rings. The van der Waals surface area contributed by atoms with Crippen LogP contribution < -0.4 is 22.4 Å². The summed E-state index contributed by atoms with van der Waals surface area (Å²) in [4.78, 5) is 0. The Labute approximate surface area is 172 Å². The number of aromatic nitrogens is 1. The first-order valence-corrected chi connectivity index (χ1v) is 13.5. The summed E-state index contributed by atoms with van der Waals surface area (Å²) in [5.74, 6) is -0.215. The van der Waals surface area contributed by atoms with Crippen molar-refractivity contribution in [2.24, 2.45) is 0 Å². The van der Waals surface area contributed by atoms with Gasteiger partial charge in [0.1, 0.15) is 0 Å². The number of rotatable bonds is 8. The van der Waals surface area contributed by atoms with E-state index in [-0.39, 0.29) is 35.7 Å². The minimum atomic E-state index is -3.92. The van der Waals surface area contributed by atoms with Crippen molar-refractivity contribution in [1.29, 1.82) is 0 Å². The molecule has 1 heterocycles.